The lowest BCUT2D eigenvalue weighted by molar-refractivity contribution is 0.302. The van der Waals surface area contributed by atoms with Crippen LogP contribution in [0.1, 0.15) is 31.4 Å². The Balaban J connectivity index is 0.00000288. The van der Waals surface area contributed by atoms with E-state index in [0.29, 0.717) is 25.0 Å². The number of pyridine rings is 1. The molecule has 24 heavy (non-hydrogen) atoms. The van der Waals surface area contributed by atoms with Gasteiger partial charge in [0.25, 0.3) is 0 Å². The van der Waals surface area contributed by atoms with Crippen molar-refractivity contribution in [2.45, 2.75) is 33.2 Å². The number of nitrogens with two attached hydrogens (primary N) is 1. The van der Waals surface area contributed by atoms with Gasteiger partial charge in [-0.25, -0.2) is 9.98 Å². The molecule has 1 aromatic carbocycles. The van der Waals surface area contributed by atoms with Crippen LogP contribution in [0, 0.1) is 0 Å². The lowest BCUT2D eigenvalue weighted by atomic mass is 10.1. The van der Waals surface area contributed by atoms with Crippen LogP contribution in [0.25, 0.3) is 0 Å². The van der Waals surface area contributed by atoms with Crippen molar-refractivity contribution in [1.82, 2.24) is 4.98 Å². The lowest BCUT2D eigenvalue weighted by Crippen LogP contribution is -2.22. The van der Waals surface area contributed by atoms with Crippen molar-refractivity contribution in [1.29, 1.82) is 0 Å². The number of benzene rings is 1. The second kappa shape index (κ2) is 10.9. The van der Waals surface area contributed by atoms with Gasteiger partial charge >= 0.3 is 0 Å². The number of halogens is 1. The Bertz CT molecular complexity index is 661. The summed E-state index contributed by atoms with van der Waals surface area (Å²) in [5.74, 6) is 1.00. The molecule has 0 amide bonds. The molecule has 0 radical (unpaired) electrons. The van der Waals surface area contributed by atoms with Crippen LogP contribution in [-0.4, -0.2) is 17.6 Å². The smallest absolute Gasteiger partial charge is 0.218 e. The first-order valence-corrected chi connectivity index (χ1v) is 7.95. The molecule has 0 fully saturated rings. The van der Waals surface area contributed by atoms with Gasteiger partial charge in [0.2, 0.25) is 5.88 Å². The zero-order valence-electron chi connectivity index (χ0n) is 14.2. The Labute approximate surface area is 160 Å². The van der Waals surface area contributed by atoms with Gasteiger partial charge in [-0.15, -0.1) is 24.0 Å². The van der Waals surface area contributed by atoms with Crippen molar-refractivity contribution in [2.24, 2.45) is 10.7 Å². The minimum Gasteiger partial charge on any atom is -0.477 e. The lowest BCUT2D eigenvalue weighted by Gasteiger charge is -2.09. The van der Waals surface area contributed by atoms with E-state index in [2.05, 4.69) is 41.3 Å². The van der Waals surface area contributed by atoms with Crippen LogP contribution in [0.4, 0.5) is 5.69 Å². The summed E-state index contributed by atoms with van der Waals surface area (Å²) in [5.41, 5.74) is 9.10. The quantitative estimate of drug-likeness (QED) is 0.388. The number of nitrogens with one attached hydrogen (secondary N) is 1. The van der Waals surface area contributed by atoms with Gasteiger partial charge in [-0.2, -0.15) is 0 Å². The first kappa shape index (κ1) is 20.2. The maximum absolute atomic E-state index is 5.97. The molecule has 3 N–H and O–H groups in total. The van der Waals surface area contributed by atoms with Gasteiger partial charge < -0.3 is 15.8 Å². The number of guanidine groups is 1. The first-order chi connectivity index (χ1) is 11.2. The van der Waals surface area contributed by atoms with Crippen LogP contribution < -0.4 is 15.8 Å². The Morgan fingerprint density at radius 2 is 2.08 bits per heavy atom. The minimum absolute atomic E-state index is 0. The summed E-state index contributed by atoms with van der Waals surface area (Å²) in [4.78, 5) is 8.63. The number of anilines is 1. The number of hydrogen-bond acceptors (Lipinski definition) is 3. The van der Waals surface area contributed by atoms with Crippen molar-refractivity contribution in [2.75, 3.05) is 11.9 Å². The largest absolute Gasteiger partial charge is 0.477 e. The standard InChI is InChI=1S/C18H24N4O.HI/c1-3-11-23-17-15(8-6-10-20-17)13-21-18(19)22-16-9-5-7-14(4-2)12-16;/h5-10,12H,3-4,11,13H2,1-2H3,(H3,19,21,22);1H. The Hall–Kier alpha value is -1.83. The number of rotatable bonds is 7. The predicted octanol–water partition coefficient (Wildman–Crippen LogP) is 3.98. The Morgan fingerprint density at radius 1 is 1.25 bits per heavy atom. The van der Waals surface area contributed by atoms with Gasteiger partial charge in [-0.05, 0) is 36.6 Å². The first-order valence-electron chi connectivity index (χ1n) is 7.95. The molecule has 0 spiro atoms. The molecule has 2 aromatic rings. The molecule has 0 aliphatic heterocycles. The monoisotopic (exact) mass is 440 g/mol. The van der Waals surface area contributed by atoms with Crippen molar-refractivity contribution in [3.05, 3.63) is 53.7 Å². The third-order valence-electron chi connectivity index (χ3n) is 3.32. The van der Waals surface area contributed by atoms with Gasteiger partial charge in [-0.3, -0.25) is 0 Å². The maximum Gasteiger partial charge on any atom is 0.218 e. The molecule has 5 nitrogen and oxygen atoms in total. The topological polar surface area (TPSA) is 72.5 Å². The van der Waals surface area contributed by atoms with Crippen LogP contribution in [0.3, 0.4) is 0 Å². The van der Waals surface area contributed by atoms with Gasteiger partial charge in [0.1, 0.15) is 0 Å². The van der Waals surface area contributed by atoms with Crippen LogP contribution >= 0.6 is 24.0 Å². The average molecular weight is 440 g/mol. The summed E-state index contributed by atoms with van der Waals surface area (Å²) in [6, 6.07) is 12.0. The normalized spacial score (nSPS) is 10.8. The Kier molecular flexibility index (Phi) is 9.14. The molecule has 0 bridgehead atoms. The van der Waals surface area contributed by atoms with E-state index in [-0.39, 0.29) is 24.0 Å². The van der Waals surface area contributed by atoms with E-state index < -0.39 is 0 Å². The SMILES string of the molecule is CCCOc1ncccc1CN=C(N)Nc1cccc(CC)c1.I. The van der Waals surface area contributed by atoms with Gasteiger partial charge in [0, 0.05) is 17.4 Å². The molecule has 0 saturated heterocycles. The van der Waals surface area contributed by atoms with Gasteiger partial charge in [-0.1, -0.05) is 32.0 Å². The molecule has 130 valence electrons. The zero-order valence-corrected chi connectivity index (χ0v) is 16.5. The number of aromatic nitrogens is 1. The van der Waals surface area contributed by atoms with E-state index in [0.717, 1.165) is 24.1 Å². The molecule has 0 unspecified atom stereocenters. The molecule has 0 aliphatic carbocycles. The fourth-order valence-electron chi connectivity index (χ4n) is 2.10. The summed E-state index contributed by atoms with van der Waals surface area (Å²) < 4.78 is 5.63. The number of ether oxygens (including phenoxy) is 1. The summed E-state index contributed by atoms with van der Waals surface area (Å²) >= 11 is 0. The summed E-state index contributed by atoms with van der Waals surface area (Å²) in [7, 11) is 0. The fourth-order valence-corrected chi connectivity index (χ4v) is 2.10. The number of aliphatic imine (C=N–C) groups is 1. The van der Waals surface area contributed by atoms with E-state index >= 15 is 0 Å². The van der Waals surface area contributed by atoms with E-state index in [1.165, 1.54) is 5.56 Å². The maximum atomic E-state index is 5.97. The highest BCUT2D eigenvalue weighted by Gasteiger charge is 2.04. The van der Waals surface area contributed by atoms with Crippen LogP contribution in [0.5, 0.6) is 5.88 Å². The minimum atomic E-state index is 0. The highest BCUT2D eigenvalue weighted by atomic mass is 127. The van der Waals surface area contributed by atoms with Gasteiger partial charge in [0.05, 0.1) is 13.2 Å². The van der Waals surface area contributed by atoms with E-state index in [1.807, 2.05) is 24.3 Å². The molecule has 1 aromatic heterocycles. The predicted molar refractivity (Wildman–Crippen MR) is 110 cm³/mol. The fraction of sp³-hybridized carbons (Fsp3) is 0.333. The number of aryl methyl sites for hydroxylation is 1. The van der Waals surface area contributed by atoms with E-state index in [4.69, 9.17) is 10.5 Å². The number of nitrogens with zero attached hydrogens (tertiary/aromatic N) is 2. The van der Waals surface area contributed by atoms with Crippen LogP contribution in [0.2, 0.25) is 0 Å². The molecular weight excluding hydrogens is 415 g/mol. The van der Waals surface area contributed by atoms with Crippen LogP contribution in [0.15, 0.2) is 47.6 Å². The van der Waals surface area contributed by atoms with E-state index in [9.17, 15) is 0 Å². The molecule has 2 rings (SSSR count). The summed E-state index contributed by atoms with van der Waals surface area (Å²) in [6.45, 7) is 5.26. The second-order valence-corrected chi connectivity index (χ2v) is 5.20. The zero-order chi connectivity index (χ0) is 16.5. The van der Waals surface area contributed by atoms with E-state index in [1.54, 1.807) is 6.20 Å². The third kappa shape index (κ3) is 6.35. The highest BCUT2D eigenvalue weighted by molar-refractivity contribution is 14.0. The average Bonchev–Trinajstić information content (AvgIpc) is 2.59. The van der Waals surface area contributed by atoms with Crippen molar-refractivity contribution >= 4 is 35.6 Å². The number of hydrogen-bond donors (Lipinski definition) is 2. The van der Waals surface area contributed by atoms with Gasteiger partial charge in [0.15, 0.2) is 5.96 Å². The second-order valence-electron chi connectivity index (χ2n) is 5.20. The van der Waals surface area contributed by atoms with Crippen molar-refractivity contribution in [3.63, 3.8) is 0 Å². The molecule has 0 atom stereocenters. The van der Waals surface area contributed by atoms with Crippen molar-refractivity contribution < 1.29 is 4.74 Å². The molecular formula is C18H25IN4O. The highest BCUT2D eigenvalue weighted by Crippen LogP contribution is 2.16. The molecule has 1 heterocycles. The summed E-state index contributed by atoms with van der Waals surface area (Å²) in [6.07, 6.45) is 3.65. The molecule has 0 saturated carbocycles. The van der Waals surface area contributed by atoms with Crippen molar-refractivity contribution in [3.8, 4) is 5.88 Å². The Morgan fingerprint density at radius 3 is 2.83 bits per heavy atom. The molecule has 6 heteroatoms. The summed E-state index contributed by atoms with van der Waals surface area (Å²) in [5, 5.41) is 3.12. The molecule has 0 aliphatic rings. The van der Waals surface area contributed by atoms with Crippen LogP contribution in [-0.2, 0) is 13.0 Å². The third-order valence-corrected chi connectivity index (χ3v) is 3.32.